The van der Waals surface area contributed by atoms with Crippen LogP contribution in [0.4, 0.5) is 15.1 Å². The molecule has 0 aliphatic rings. The van der Waals surface area contributed by atoms with Crippen molar-refractivity contribution in [3.05, 3.63) is 53.7 Å². The van der Waals surface area contributed by atoms with E-state index in [-0.39, 0.29) is 17.2 Å². The molecule has 0 saturated carbocycles. The largest absolute Gasteiger partial charge is 0.543 e. The lowest BCUT2D eigenvalue weighted by molar-refractivity contribution is -0.752. The van der Waals surface area contributed by atoms with Crippen molar-refractivity contribution >= 4 is 43.9 Å². The quantitative estimate of drug-likeness (QED) is 0.486. The Bertz CT molecular complexity index is 1190. The summed E-state index contributed by atoms with van der Waals surface area (Å²) in [6.45, 7) is -0.0675. The van der Waals surface area contributed by atoms with Crippen molar-refractivity contribution in [1.29, 1.82) is 0 Å². The van der Waals surface area contributed by atoms with E-state index >= 15 is 0 Å². The van der Waals surface area contributed by atoms with Gasteiger partial charge in [0, 0.05) is 6.07 Å². The highest BCUT2D eigenvalue weighted by atomic mass is 32.2. The second-order valence-electron chi connectivity index (χ2n) is 5.77. The molecular weight excluding hydrogens is 425 g/mol. The summed E-state index contributed by atoms with van der Waals surface area (Å²) < 4.78 is 44.4. The monoisotopic (exact) mass is 439 g/mol. The maximum atomic E-state index is 14.4. The van der Waals surface area contributed by atoms with E-state index in [4.69, 9.17) is 0 Å². The molecule has 0 bridgehead atoms. The number of aromatic carboxylic acids is 1. The van der Waals surface area contributed by atoms with Crippen molar-refractivity contribution in [2.75, 3.05) is 10.0 Å². The van der Waals surface area contributed by atoms with Crippen LogP contribution in [0, 0.1) is 5.82 Å². The van der Waals surface area contributed by atoms with Crippen LogP contribution in [0.5, 0.6) is 0 Å². The SMILES string of the molecule is C[n+]1cccn1CC(=O)Nc1ccc(S(=O)(=O)Nc2scnc2C(=O)[O-])cc1F. The second kappa shape index (κ2) is 7.97. The van der Waals surface area contributed by atoms with Gasteiger partial charge >= 0.3 is 0 Å². The van der Waals surface area contributed by atoms with Gasteiger partial charge in [-0.25, -0.2) is 17.8 Å². The number of amides is 1. The first kappa shape index (κ1) is 20.4. The van der Waals surface area contributed by atoms with Gasteiger partial charge in [0.25, 0.3) is 10.0 Å². The summed E-state index contributed by atoms with van der Waals surface area (Å²) in [7, 11) is -2.55. The summed E-state index contributed by atoms with van der Waals surface area (Å²) in [4.78, 5) is 26.0. The minimum atomic E-state index is -4.28. The van der Waals surface area contributed by atoms with Crippen molar-refractivity contribution in [1.82, 2.24) is 9.67 Å². The number of carboxylic acid groups (broad SMARTS) is 1. The van der Waals surface area contributed by atoms with Crippen LogP contribution in [0.3, 0.4) is 0 Å². The Balaban J connectivity index is 1.76. The number of rotatable bonds is 7. The molecule has 0 fully saturated rings. The van der Waals surface area contributed by atoms with E-state index in [1.807, 2.05) is 4.72 Å². The van der Waals surface area contributed by atoms with Crippen LogP contribution < -0.4 is 19.8 Å². The fourth-order valence-corrected chi connectivity index (χ4v) is 4.36. The van der Waals surface area contributed by atoms with Crippen molar-refractivity contribution in [2.45, 2.75) is 11.4 Å². The van der Waals surface area contributed by atoms with E-state index in [2.05, 4.69) is 10.3 Å². The van der Waals surface area contributed by atoms with Crippen LogP contribution in [0.1, 0.15) is 10.5 Å². The molecule has 1 aromatic carbocycles. The Morgan fingerprint density at radius 1 is 1.38 bits per heavy atom. The number of nitrogens with zero attached hydrogens (tertiary/aromatic N) is 3. The first-order chi connectivity index (χ1) is 13.7. The first-order valence-electron chi connectivity index (χ1n) is 7.95. The molecule has 10 nitrogen and oxygen atoms in total. The second-order valence-corrected chi connectivity index (χ2v) is 8.31. The molecule has 0 aliphatic heterocycles. The minimum Gasteiger partial charge on any atom is -0.543 e. The summed E-state index contributed by atoms with van der Waals surface area (Å²) in [5.41, 5.74) is 0.366. The molecule has 152 valence electrons. The normalized spacial score (nSPS) is 11.2. The number of aromatic nitrogens is 3. The van der Waals surface area contributed by atoms with Crippen molar-refractivity contribution < 1.29 is 32.2 Å². The molecule has 3 rings (SSSR count). The van der Waals surface area contributed by atoms with Crippen LogP contribution in [0.15, 0.2) is 47.1 Å². The third-order valence-electron chi connectivity index (χ3n) is 3.78. The lowest BCUT2D eigenvalue weighted by atomic mass is 10.3. The van der Waals surface area contributed by atoms with Crippen LogP contribution in [0.2, 0.25) is 0 Å². The highest BCUT2D eigenvalue weighted by Gasteiger charge is 2.20. The van der Waals surface area contributed by atoms with Gasteiger partial charge in [0.15, 0.2) is 19.8 Å². The van der Waals surface area contributed by atoms with E-state index in [9.17, 15) is 27.5 Å². The van der Waals surface area contributed by atoms with Crippen LogP contribution >= 0.6 is 11.3 Å². The Morgan fingerprint density at radius 3 is 2.76 bits per heavy atom. The number of carboxylic acids is 1. The van der Waals surface area contributed by atoms with Crippen molar-refractivity contribution in [3.8, 4) is 0 Å². The van der Waals surface area contributed by atoms with Crippen molar-refractivity contribution in [2.24, 2.45) is 7.05 Å². The summed E-state index contributed by atoms with van der Waals surface area (Å²) in [5, 5.41) is 13.0. The number of carbonyl (C=O) groups excluding carboxylic acids is 2. The molecular formula is C16H14FN5O5S2. The van der Waals surface area contributed by atoms with Gasteiger partial charge in [0.1, 0.15) is 16.5 Å². The molecule has 0 atom stereocenters. The van der Waals surface area contributed by atoms with E-state index < -0.39 is 38.3 Å². The van der Waals surface area contributed by atoms with E-state index in [1.54, 1.807) is 34.9 Å². The third kappa shape index (κ3) is 4.57. The number of thiazole rings is 1. The highest BCUT2D eigenvalue weighted by Crippen LogP contribution is 2.25. The Morgan fingerprint density at radius 2 is 2.14 bits per heavy atom. The van der Waals surface area contributed by atoms with Crippen LogP contribution in [-0.4, -0.2) is 30.0 Å². The lowest BCUT2D eigenvalue weighted by Crippen LogP contribution is -2.40. The summed E-state index contributed by atoms with van der Waals surface area (Å²) in [6, 6.07) is 4.63. The Hall–Kier alpha value is -3.32. The average Bonchev–Trinajstić information content (AvgIpc) is 3.25. The Kier molecular flexibility index (Phi) is 5.61. The standard InChI is InChI=1S/C16H14FN5O5S2/c1-21-5-2-6-22(21)8-13(23)19-12-4-3-10(7-11(12)17)29(26,27)20-15-14(16(24)25)18-9-28-15/h2-7,9,20H,8H2,1H3,(H-,19,23,24,25). The summed E-state index contributed by atoms with van der Waals surface area (Å²) in [5.74, 6) is -3.13. The van der Waals surface area contributed by atoms with E-state index in [1.165, 1.54) is 0 Å². The number of benzene rings is 1. The number of aryl methyl sites for hydroxylation is 1. The molecule has 0 saturated heterocycles. The molecule has 29 heavy (non-hydrogen) atoms. The Labute approximate surface area is 168 Å². The minimum absolute atomic E-state index is 0.0675. The number of carbonyl (C=O) groups is 2. The number of anilines is 2. The number of hydrogen-bond acceptors (Lipinski definition) is 7. The smallest absolute Gasteiger partial charge is 0.262 e. The summed E-state index contributed by atoms with van der Waals surface area (Å²) >= 11 is 0.741. The van der Waals surface area contributed by atoms with E-state index in [0.29, 0.717) is 6.07 Å². The van der Waals surface area contributed by atoms with Crippen molar-refractivity contribution in [3.63, 3.8) is 0 Å². The van der Waals surface area contributed by atoms with Gasteiger partial charge in [-0.2, -0.15) is 4.68 Å². The zero-order valence-corrected chi connectivity index (χ0v) is 16.5. The third-order valence-corrected chi connectivity index (χ3v) is 6.00. The molecule has 2 aromatic heterocycles. The van der Waals surface area contributed by atoms with E-state index in [0.717, 1.165) is 29.0 Å². The van der Waals surface area contributed by atoms with Gasteiger partial charge in [0.2, 0.25) is 5.91 Å². The fraction of sp³-hybridized carbons (Fsp3) is 0.125. The highest BCUT2D eigenvalue weighted by molar-refractivity contribution is 7.93. The molecule has 13 heteroatoms. The molecule has 0 spiro atoms. The average molecular weight is 439 g/mol. The molecule has 3 aromatic rings. The zero-order chi connectivity index (χ0) is 21.2. The lowest BCUT2D eigenvalue weighted by Gasteiger charge is -2.10. The molecule has 1 amide bonds. The van der Waals surface area contributed by atoms with Gasteiger partial charge in [-0.05, 0) is 18.2 Å². The maximum absolute atomic E-state index is 14.4. The van der Waals surface area contributed by atoms with Crippen LogP contribution in [0.25, 0.3) is 0 Å². The number of halogens is 1. The number of nitrogens with one attached hydrogen (secondary N) is 2. The van der Waals surface area contributed by atoms with Crippen LogP contribution in [-0.2, 0) is 28.4 Å². The molecule has 2 heterocycles. The molecule has 0 radical (unpaired) electrons. The molecule has 0 aliphatic carbocycles. The first-order valence-corrected chi connectivity index (χ1v) is 10.3. The van der Waals surface area contributed by atoms with Gasteiger partial charge < -0.3 is 15.2 Å². The predicted octanol–water partition coefficient (Wildman–Crippen LogP) is -0.289. The maximum Gasteiger partial charge on any atom is 0.262 e. The molecule has 2 N–H and O–H groups in total. The number of hydrogen-bond donors (Lipinski definition) is 2. The van der Waals surface area contributed by atoms with Gasteiger partial charge in [-0.1, -0.05) is 0 Å². The van der Waals surface area contributed by atoms with Gasteiger partial charge in [0.05, 0.1) is 28.3 Å². The zero-order valence-electron chi connectivity index (χ0n) is 14.8. The van der Waals surface area contributed by atoms with Gasteiger partial charge in [-0.15, -0.1) is 16.0 Å². The van der Waals surface area contributed by atoms with Gasteiger partial charge in [-0.3, -0.25) is 9.52 Å². The fourth-order valence-electron chi connectivity index (χ4n) is 2.36. The topological polar surface area (TPSA) is 137 Å². The summed E-state index contributed by atoms with van der Waals surface area (Å²) in [6.07, 6.45) is 3.40. The number of sulfonamides is 1. The predicted molar refractivity (Wildman–Crippen MR) is 97.9 cm³/mol. The molecule has 0 unspecified atom stereocenters.